The Morgan fingerprint density at radius 3 is 2.72 bits per heavy atom. The number of nitrogens with zero attached hydrogens (tertiary/aromatic N) is 2. The van der Waals surface area contributed by atoms with Gasteiger partial charge in [0.15, 0.2) is 0 Å². The number of hydrogen-bond donors (Lipinski definition) is 1. The van der Waals surface area contributed by atoms with Crippen molar-refractivity contribution in [2.24, 2.45) is 11.7 Å². The Bertz CT molecular complexity index is 816. The number of hydrogen-bond acceptors (Lipinski definition) is 4. The monoisotopic (exact) mass is 469 g/mol. The van der Waals surface area contributed by atoms with Gasteiger partial charge < -0.3 is 10.6 Å². The fourth-order valence-corrected chi connectivity index (χ4v) is 4.23. The van der Waals surface area contributed by atoms with Crippen molar-refractivity contribution in [3.63, 3.8) is 0 Å². The topological polar surface area (TPSA) is 59.2 Å². The fraction of sp³-hybridized carbons (Fsp3) is 0.474. The van der Waals surface area contributed by atoms with Crippen molar-refractivity contribution in [3.05, 3.63) is 40.9 Å². The number of amides is 1. The summed E-state index contributed by atoms with van der Waals surface area (Å²) in [5, 5.41) is 2.21. The van der Waals surface area contributed by atoms with Crippen molar-refractivity contribution in [1.29, 1.82) is 0 Å². The van der Waals surface area contributed by atoms with Crippen LogP contribution in [0.15, 0.2) is 29.6 Å². The summed E-state index contributed by atoms with van der Waals surface area (Å²) in [6.45, 7) is 3.28. The Kier molecular flexibility index (Phi) is 9.40. The molecular weight excluding hydrogens is 446 g/mol. The highest BCUT2D eigenvalue weighted by Gasteiger charge is 2.31. The molecule has 10 heteroatoms. The van der Waals surface area contributed by atoms with Gasteiger partial charge in [-0.25, -0.2) is 4.98 Å². The standard InChI is InChI=1S/C19H22F3N3OS.2ClH/c1-12-5-6-25(16(7-12)10-23)17(26)9-15-11-27-18(24-15)13-3-2-4-14(8-13)19(20,21)22;;/h2-4,8,11-12,16H,5-7,9-10,23H2,1H3;2*1H. The third kappa shape index (κ3) is 6.31. The molecule has 162 valence electrons. The molecule has 0 bridgehead atoms. The van der Waals surface area contributed by atoms with E-state index in [1.807, 2.05) is 4.90 Å². The van der Waals surface area contributed by atoms with Crippen molar-refractivity contribution in [1.82, 2.24) is 9.88 Å². The highest BCUT2D eigenvalue weighted by Crippen LogP contribution is 2.33. The number of piperidine rings is 1. The van der Waals surface area contributed by atoms with Crippen molar-refractivity contribution in [2.75, 3.05) is 13.1 Å². The number of alkyl halides is 3. The van der Waals surface area contributed by atoms with Gasteiger partial charge in [-0.2, -0.15) is 13.2 Å². The van der Waals surface area contributed by atoms with E-state index in [1.165, 1.54) is 17.4 Å². The highest BCUT2D eigenvalue weighted by molar-refractivity contribution is 7.13. The molecule has 1 aliphatic heterocycles. The van der Waals surface area contributed by atoms with Crippen molar-refractivity contribution in [2.45, 2.75) is 38.4 Å². The van der Waals surface area contributed by atoms with Gasteiger partial charge in [-0.3, -0.25) is 4.79 Å². The lowest BCUT2D eigenvalue weighted by Crippen LogP contribution is -2.49. The second-order valence-electron chi connectivity index (χ2n) is 7.01. The third-order valence-corrected chi connectivity index (χ3v) is 5.83. The van der Waals surface area contributed by atoms with Crippen molar-refractivity contribution >= 4 is 42.1 Å². The van der Waals surface area contributed by atoms with Crippen LogP contribution in [0.5, 0.6) is 0 Å². The molecule has 0 spiro atoms. The number of rotatable bonds is 4. The maximum Gasteiger partial charge on any atom is 0.416 e. The fourth-order valence-electron chi connectivity index (χ4n) is 3.41. The zero-order chi connectivity index (χ0) is 19.6. The van der Waals surface area contributed by atoms with Gasteiger partial charge >= 0.3 is 6.18 Å². The van der Waals surface area contributed by atoms with Crippen LogP contribution in [0.1, 0.15) is 31.0 Å². The van der Waals surface area contributed by atoms with Gasteiger partial charge in [0, 0.05) is 30.1 Å². The van der Waals surface area contributed by atoms with E-state index < -0.39 is 11.7 Å². The zero-order valence-electron chi connectivity index (χ0n) is 15.8. The summed E-state index contributed by atoms with van der Waals surface area (Å²) in [4.78, 5) is 18.9. The smallest absolute Gasteiger partial charge is 0.338 e. The highest BCUT2D eigenvalue weighted by atomic mass is 35.5. The Hall–Kier alpha value is -1.35. The zero-order valence-corrected chi connectivity index (χ0v) is 18.3. The molecule has 0 radical (unpaired) electrons. The molecule has 1 aliphatic rings. The Labute approximate surface area is 184 Å². The van der Waals surface area contributed by atoms with Crippen LogP contribution in [0, 0.1) is 5.92 Å². The third-order valence-electron chi connectivity index (χ3n) is 4.89. The van der Waals surface area contributed by atoms with Crippen LogP contribution in [0.2, 0.25) is 0 Å². The lowest BCUT2D eigenvalue weighted by Gasteiger charge is -2.38. The van der Waals surface area contributed by atoms with Crippen LogP contribution in [-0.4, -0.2) is 34.9 Å². The number of nitrogens with two attached hydrogens (primary N) is 1. The SMILES string of the molecule is CC1CCN(C(=O)Cc2csc(-c3cccc(C(F)(F)F)c3)n2)C(CN)C1.Cl.Cl. The summed E-state index contributed by atoms with van der Waals surface area (Å²) < 4.78 is 38.7. The molecule has 1 amide bonds. The summed E-state index contributed by atoms with van der Waals surface area (Å²) >= 11 is 1.24. The molecule has 1 fully saturated rings. The van der Waals surface area contributed by atoms with Gasteiger partial charge in [-0.1, -0.05) is 19.1 Å². The number of carbonyl (C=O) groups is 1. The van der Waals surface area contributed by atoms with Gasteiger partial charge in [0.1, 0.15) is 5.01 Å². The van der Waals surface area contributed by atoms with Crippen LogP contribution in [0.25, 0.3) is 10.6 Å². The van der Waals surface area contributed by atoms with E-state index in [1.54, 1.807) is 11.4 Å². The number of thiazole rings is 1. The lowest BCUT2D eigenvalue weighted by molar-refractivity contribution is -0.137. The van der Waals surface area contributed by atoms with E-state index in [4.69, 9.17) is 5.73 Å². The molecule has 2 N–H and O–H groups in total. The van der Waals surface area contributed by atoms with Crippen LogP contribution in [0.3, 0.4) is 0 Å². The average molecular weight is 470 g/mol. The molecular formula is C19H24Cl2F3N3OS. The molecule has 1 aromatic heterocycles. The first-order valence-electron chi connectivity index (χ1n) is 8.89. The molecule has 1 aromatic carbocycles. The predicted molar refractivity (Wildman–Crippen MR) is 114 cm³/mol. The van der Waals surface area contributed by atoms with E-state index in [0.717, 1.165) is 25.0 Å². The average Bonchev–Trinajstić information content (AvgIpc) is 3.09. The van der Waals surface area contributed by atoms with E-state index in [0.29, 0.717) is 35.3 Å². The van der Waals surface area contributed by atoms with Gasteiger partial charge in [-0.05, 0) is 30.9 Å². The predicted octanol–water partition coefficient (Wildman–Crippen LogP) is 4.80. The minimum Gasteiger partial charge on any atom is -0.338 e. The first kappa shape index (κ1) is 25.7. The van der Waals surface area contributed by atoms with Gasteiger partial charge in [0.05, 0.1) is 17.7 Å². The van der Waals surface area contributed by atoms with Gasteiger partial charge in [-0.15, -0.1) is 36.2 Å². The number of halogens is 5. The largest absolute Gasteiger partial charge is 0.416 e. The maximum atomic E-state index is 12.9. The van der Waals surface area contributed by atoms with E-state index in [9.17, 15) is 18.0 Å². The van der Waals surface area contributed by atoms with Crippen LogP contribution in [0.4, 0.5) is 13.2 Å². The van der Waals surface area contributed by atoms with Crippen molar-refractivity contribution in [3.8, 4) is 10.6 Å². The van der Waals surface area contributed by atoms with E-state index in [-0.39, 0.29) is 43.2 Å². The Balaban J connectivity index is 0.00000210. The summed E-state index contributed by atoms with van der Waals surface area (Å²) in [5.41, 5.74) is 6.09. The van der Waals surface area contributed by atoms with Gasteiger partial charge in [0.25, 0.3) is 0 Å². The quantitative estimate of drug-likeness (QED) is 0.699. The number of carbonyl (C=O) groups excluding carboxylic acids is 1. The van der Waals surface area contributed by atoms with E-state index in [2.05, 4.69) is 11.9 Å². The molecule has 1 saturated heterocycles. The second kappa shape index (κ2) is 10.6. The first-order valence-corrected chi connectivity index (χ1v) is 9.77. The number of aromatic nitrogens is 1. The molecule has 2 unspecified atom stereocenters. The Morgan fingerprint density at radius 2 is 2.07 bits per heavy atom. The molecule has 2 aromatic rings. The van der Waals surface area contributed by atoms with Gasteiger partial charge in [0.2, 0.25) is 5.91 Å². The van der Waals surface area contributed by atoms with E-state index >= 15 is 0 Å². The maximum absolute atomic E-state index is 12.9. The van der Waals surface area contributed by atoms with Crippen LogP contribution >= 0.6 is 36.2 Å². The molecule has 0 saturated carbocycles. The molecule has 0 aliphatic carbocycles. The Morgan fingerprint density at radius 1 is 1.34 bits per heavy atom. The minimum absolute atomic E-state index is 0. The normalized spacial score (nSPS) is 19.3. The minimum atomic E-state index is -4.39. The first-order chi connectivity index (χ1) is 12.8. The molecule has 4 nitrogen and oxygen atoms in total. The summed E-state index contributed by atoms with van der Waals surface area (Å²) in [6, 6.07) is 5.12. The lowest BCUT2D eigenvalue weighted by atomic mass is 9.92. The second-order valence-corrected chi connectivity index (χ2v) is 7.86. The summed E-state index contributed by atoms with van der Waals surface area (Å²) in [5.74, 6) is 0.521. The van der Waals surface area contributed by atoms with Crippen LogP contribution < -0.4 is 5.73 Å². The summed E-state index contributed by atoms with van der Waals surface area (Å²) in [6.07, 6.45) is -2.40. The number of benzene rings is 1. The van der Waals surface area contributed by atoms with Crippen LogP contribution in [-0.2, 0) is 17.4 Å². The molecule has 3 rings (SSSR count). The number of likely N-dealkylation sites (tertiary alicyclic amines) is 1. The molecule has 2 atom stereocenters. The molecule has 29 heavy (non-hydrogen) atoms. The summed E-state index contributed by atoms with van der Waals surface area (Å²) in [7, 11) is 0. The van der Waals surface area contributed by atoms with Crippen molar-refractivity contribution < 1.29 is 18.0 Å². The molecule has 2 heterocycles.